The van der Waals surface area contributed by atoms with Crippen molar-refractivity contribution in [3.63, 3.8) is 0 Å². The highest BCUT2D eigenvalue weighted by Gasteiger charge is 2.19. The number of aromatic nitrogens is 1. The zero-order valence-electron chi connectivity index (χ0n) is 9.94. The molecule has 100 valence electrons. The highest BCUT2D eigenvalue weighted by molar-refractivity contribution is 7.89. The van der Waals surface area contributed by atoms with Crippen LogP contribution in [0.2, 0.25) is 0 Å². The molecule has 0 spiro atoms. The molecule has 18 heavy (non-hydrogen) atoms. The van der Waals surface area contributed by atoms with Crippen LogP contribution in [0.1, 0.15) is 19.8 Å². The first-order valence-corrected chi connectivity index (χ1v) is 6.86. The Labute approximate surface area is 106 Å². The maximum absolute atomic E-state index is 12.0. The molecule has 7 nitrogen and oxygen atoms in total. The van der Waals surface area contributed by atoms with Crippen molar-refractivity contribution >= 4 is 15.9 Å². The van der Waals surface area contributed by atoms with E-state index < -0.39 is 16.1 Å². The molecular formula is C10H16N4O3S. The van der Waals surface area contributed by atoms with E-state index in [1.807, 2.05) is 0 Å². The van der Waals surface area contributed by atoms with Crippen LogP contribution in [-0.4, -0.2) is 30.5 Å². The minimum Gasteiger partial charge on any atom is -0.409 e. The van der Waals surface area contributed by atoms with Crippen LogP contribution >= 0.6 is 0 Å². The minimum absolute atomic E-state index is 0.0178. The number of nitrogens with two attached hydrogens (primary N) is 1. The molecule has 1 aromatic heterocycles. The third kappa shape index (κ3) is 3.97. The highest BCUT2D eigenvalue weighted by Crippen LogP contribution is 2.09. The van der Waals surface area contributed by atoms with Crippen LogP contribution in [0.4, 0.5) is 0 Å². The van der Waals surface area contributed by atoms with Gasteiger partial charge >= 0.3 is 0 Å². The van der Waals surface area contributed by atoms with Crippen molar-refractivity contribution in [1.29, 1.82) is 0 Å². The van der Waals surface area contributed by atoms with E-state index in [0.29, 0.717) is 6.42 Å². The summed E-state index contributed by atoms with van der Waals surface area (Å²) < 4.78 is 26.4. The molecule has 0 aliphatic heterocycles. The summed E-state index contributed by atoms with van der Waals surface area (Å²) in [6.07, 6.45) is 3.42. The Morgan fingerprint density at radius 1 is 1.67 bits per heavy atom. The Morgan fingerprint density at radius 2 is 2.39 bits per heavy atom. The Hall–Kier alpha value is -1.67. The molecule has 0 saturated carbocycles. The van der Waals surface area contributed by atoms with Crippen molar-refractivity contribution in [3.05, 3.63) is 24.5 Å². The Kier molecular flexibility index (Phi) is 5.05. The van der Waals surface area contributed by atoms with Gasteiger partial charge in [0.25, 0.3) is 0 Å². The van der Waals surface area contributed by atoms with E-state index >= 15 is 0 Å². The van der Waals surface area contributed by atoms with Gasteiger partial charge in [-0.3, -0.25) is 4.98 Å². The molecular weight excluding hydrogens is 256 g/mol. The number of rotatable bonds is 6. The van der Waals surface area contributed by atoms with Crippen LogP contribution in [-0.2, 0) is 10.0 Å². The number of nitrogens with zero attached hydrogens (tertiary/aromatic N) is 2. The van der Waals surface area contributed by atoms with Crippen molar-refractivity contribution in [3.8, 4) is 0 Å². The van der Waals surface area contributed by atoms with Gasteiger partial charge in [0, 0.05) is 24.9 Å². The number of hydrogen-bond donors (Lipinski definition) is 3. The molecule has 1 rings (SSSR count). The lowest BCUT2D eigenvalue weighted by molar-refractivity contribution is 0.316. The predicted octanol–water partition coefficient (Wildman–Crippen LogP) is 0.275. The average Bonchev–Trinajstić information content (AvgIpc) is 2.38. The summed E-state index contributed by atoms with van der Waals surface area (Å²) in [5.74, 6) is -0.0178. The lowest BCUT2D eigenvalue weighted by Crippen LogP contribution is -2.37. The van der Waals surface area contributed by atoms with E-state index in [1.54, 1.807) is 13.0 Å². The molecule has 0 saturated heterocycles. The summed E-state index contributed by atoms with van der Waals surface area (Å²) >= 11 is 0. The van der Waals surface area contributed by atoms with Crippen LogP contribution in [0, 0.1) is 0 Å². The van der Waals surface area contributed by atoms with E-state index in [9.17, 15) is 8.42 Å². The van der Waals surface area contributed by atoms with Crippen molar-refractivity contribution in [2.24, 2.45) is 10.9 Å². The number of sulfonamides is 1. The van der Waals surface area contributed by atoms with E-state index in [4.69, 9.17) is 10.9 Å². The zero-order valence-corrected chi connectivity index (χ0v) is 10.8. The van der Waals surface area contributed by atoms with Gasteiger partial charge in [0.15, 0.2) is 0 Å². The van der Waals surface area contributed by atoms with Gasteiger partial charge in [-0.2, -0.15) is 0 Å². The second-order valence-corrected chi connectivity index (χ2v) is 5.42. The second kappa shape index (κ2) is 6.31. The summed E-state index contributed by atoms with van der Waals surface area (Å²) in [4.78, 5) is 3.84. The topological polar surface area (TPSA) is 118 Å². The molecule has 4 N–H and O–H groups in total. The van der Waals surface area contributed by atoms with E-state index in [0.717, 1.165) is 0 Å². The van der Waals surface area contributed by atoms with Gasteiger partial charge in [-0.1, -0.05) is 12.1 Å². The van der Waals surface area contributed by atoms with Gasteiger partial charge in [0.2, 0.25) is 10.0 Å². The summed E-state index contributed by atoms with van der Waals surface area (Å²) in [5, 5.41) is 11.3. The molecule has 1 aromatic rings. The number of pyridine rings is 1. The van der Waals surface area contributed by atoms with Gasteiger partial charge in [0.1, 0.15) is 10.7 Å². The van der Waals surface area contributed by atoms with Crippen LogP contribution < -0.4 is 10.5 Å². The highest BCUT2D eigenvalue weighted by atomic mass is 32.2. The molecule has 1 atom stereocenters. The van der Waals surface area contributed by atoms with E-state index in [-0.39, 0.29) is 17.2 Å². The third-order valence-corrected chi connectivity index (χ3v) is 3.85. The molecule has 0 aliphatic carbocycles. The van der Waals surface area contributed by atoms with Crippen LogP contribution in [0.25, 0.3) is 0 Å². The summed E-state index contributed by atoms with van der Waals surface area (Å²) in [7, 11) is -3.63. The van der Waals surface area contributed by atoms with Crippen molar-refractivity contribution in [2.45, 2.75) is 30.7 Å². The fraction of sp³-hybridized carbons (Fsp3) is 0.400. The SMILES string of the molecule is CCC(CC(N)=NO)NS(=O)(=O)c1cccnc1. The number of hydrogen-bond acceptors (Lipinski definition) is 5. The van der Waals surface area contributed by atoms with Gasteiger partial charge in [-0.15, -0.1) is 0 Å². The monoisotopic (exact) mass is 272 g/mol. The molecule has 0 amide bonds. The molecule has 0 aliphatic rings. The van der Waals surface area contributed by atoms with Crippen LogP contribution in [0.5, 0.6) is 0 Å². The Bertz CT molecular complexity index is 501. The Morgan fingerprint density at radius 3 is 2.89 bits per heavy atom. The van der Waals surface area contributed by atoms with Gasteiger partial charge in [-0.25, -0.2) is 13.1 Å². The largest absolute Gasteiger partial charge is 0.409 e. The van der Waals surface area contributed by atoms with Crippen molar-refractivity contribution in [1.82, 2.24) is 9.71 Å². The molecule has 0 radical (unpaired) electrons. The van der Waals surface area contributed by atoms with Crippen LogP contribution in [0.3, 0.4) is 0 Å². The van der Waals surface area contributed by atoms with Gasteiger partial charge in [0.05, 0.1) is 0 Å². The standard InChI is InChI=1S/C10H16N4O3S/c1-2-8(6-10(11)13-15)14-18(16,17)9-4-3-5-12-7-9/h3-5,7-8,14-15H,2,6H2,1H3,(H2,11,13). The lowest BCUT2D eigenvalue weighted by Gasteiger charge is -2.16. The fourth-order valence-corrected chi connectivity index (χ4v) is 2.64. The summed E-state index contributed by atoms with van der Waals surface area (Å²) in [6, 6.07) is 2.57. The first-order chi connectivity index (χ1) is 8.49. The third-order valence-electron chi connectivity index (χ3n) is 2.34. The Balaban J connectivity index is 2.82. The van der Waals surface area contributed by atoms with E-state index in [2.05, 4.69) is 14.9 Å². The van der Waals surface area contributed by atoms with Crippen LogP contribution in [0.15, 0.2) is 34.6 Å². The molecule has 0 bridgehead atoms. The maximum Gasteiger partial charge on any atom is 0.242 e. The molecule has 1 unspecified atom stereocenters. The minimum atomic E-state index is -3.63. The summed E-state index contributed by atoms with van der Waals surface area (Å²) in [5.41, 5.74) is 5.36. The van der Waals surface area contributed by atoms with Crippen molar-refractivity contribution in [2.75, 3.05) is 0 Å². The van der Waals surface area contributed by atoms with Crippen molar-refractivity contribution < 1.29 is 13.6 Å². The molecule has 1 heterocycles. The zero-order chi connectivity index (χ0) is 13.6. The fourth-order valence-electron chi connectivity index (χ4n) is 1.36. The molecule has 0 aromatic carbocycles. The first kappa shape index (κ1) is 14.4. The predicted molar refractivity (Wildman–Crippen MR) is 66.7 cm³/mol. The smallest absolute Gasteiger partial charge is 0.242 e. The number of oxime groups is 1. The quantitative estimate of drug-likeness (QED) is 0.297. The number of amidine groups is 1. The lowest BCUT2D eigenvalue weighted by atomic mass is 10.1. The molecule has 8 heteroatoms. The average molecular weight is 272 g/mol. The molecule has 0 fully saturated rings. The van der Waals surface area contributed by atoms with Gasteiger partial charge in [-0.05, 0) is 18.6 Å². The van der Waals surface area contributed by atoms with Gasteiger partial charge < -0.3 is 10.9 Å². The summed E-state index contributed by atoms with van der Waals surface area (Å²) in [6.45, 7) is 1.81. The maximum atomic E-state index is 12.0. The van der Waals surface area contributed by atoms with E-state index in [1.165, 1.54) is 18.5 Å². The number of nitrogens with one attached hydrogen (secondary N) is 1. The normalized spacial score (nSPS) is 14.4. The second-order valence-electron chi connectivity index (χ2n) is 3.71. The first-order valence-electron chi connectivity index (χ1n) is 5.38.